The second-order valence-electron chi connectivity index (χ2n) is 3.87. The molecule has 0 amide bonds. The summed E-state index contributed by atoms with van der Waals surface area (Å²) in [5, 5.41) is 12.3. The first-order valence-electron chi connectivity index (χ1n) is 4.28. The van der Waals surface area contributed by atoms with Crippen LogP contribution in [0.1, 0.15) is 32.5 Å². The molecule has 0 spiro atoms. The molecule has 1 heterocycles. The molecule has 1 aromatic heterocycles. The minimum Gasteiger partial charge on any atom is -0.459 e. The number of aromatic nitrogens is 4. The fraction of sp³-hybridized carbons (Fsp3) is 0.625. The largest absolute Gasteiger partial charge is 0.459 e. The Morgan fingerprint density at radius 3 is 2.60 bits per heavy atom. The second kappa shape index (κ2) is 4.16. The van der Waals surface area contributed by atoms with Gasteiger partial charge in [0.2, 0.25) is 6.29 Å². The van der Waals surface area contributed by atoms with Crippen molar-refractivity contribution in [3.8, 4) is 0 Å². The van der Waals surface area contributed by atoms with Gasteiger partial charge in [-0.05, 0) is 31.2 Å². The highest BCUT2D eigenvalue weighted by Gasteiger charge is 2.29. The maximum Gasteiger partial charge on any atom is 0.325 e. The number of hydrogen-bond donors (Lipinski definition) is 1. The molecule has 0 aliphatic rings. The number of carbonyl (C=O) groups excluding carboxylic acids is 2. The van der Waals surface area contributed by atoms with E-state index in [0.29, 0.717) is 0 Å². The van der Waals surface area contributed by atoms with Crippen LogP contribution in [0.5, 0.6) is 0 Å². The number of esters is 1. The molecule has 1 aromatic rings. The average molecular weight is 211 g/mol. The Labute approximate surface area is 86.2 Å². The molecule has 0 aromatic carbocycles. The van der Waals surface area contributed by atoms with Crippen LogP contribution in [0.2, 0.25) is 0 Å². The zero-order chi connectivity index (χ0) is 11.5. The quantitative estimate of drug-likeness (QED) is 0.546. The molecule has 0 saturated carbocycles. The van der Waals surface area contributed by atoms with Crippen molar-refractivity contribution in [1.82, 2.24) is 20.6 Å². The first kappa shape index (κ1) is 11.3. The number of aromatic amines is 1. The number of hydrogen-bond acceptors (Lipinski definition) is 6. The van der Waals surface area contributed by atoms with E-state index in [-0.39, 0.29) is 5.82 Å². The van der Waals surface area contributed by atoms with Crippen molar-refractivity contribution in [2.45, 2.75) is 32.3 Å². The van der Waals surface area contributed by atoms with E-state index in [2.05, 4.69) is 20.6 Å². The monoisotopic (exact) mass is 211 g/mol. The summed E-state index contributed by atoms with van der Waals surface area (Å²) in [6.45, 7) is 5.10. The van der Waals surface area contributed by atoms with Gasteiger partial charge in [-0.1, -0.05) is 0 Å². The minimum atomic E-state index is -1.22. The van der Waals surface area contributed by atoms with Crippen LogP contribution in [0.4, 0.5) is 0 Å². The fourth-order valence-electron chi connectivity index (χ4n) is 0.865. The molecule has 15 heavy (non-hydrogen) atoms. The minimum absolute atomic E-state index is 0.0271. The summed E-state index contributed by atoms with van der Waals surface area (Å²) in [5.74, 6) is -1.92. The third-order valence-corrected chi connectivity index (χ3v) is 1.40. The van der Waals surface area contributed by atoms with Gasteiger partial charge < -0.3 is 4.74 Å². The summed E-state index contributed by atoms with van der Waals surface area (Å²) < 4.78 is 5.00. The average Bonchev–Trinajstić information content (AvgIpc) is 2.54. The highest BCUT2D eigenvalue weighted by Crippen LogP contribution is 2.15. The van der Waals surface area contributed by atoms with E-state index < -0.39 is 17.5 Å². The van der Waals surface area contributed by atoms with Crippen LogP contribution in [0.15, 0.2) is 0 Å². The van der Waals surface area contributed by atoms with Crippen molar-refractivity contribution in [3.63, 3.8) is 0 Å². The molecular formula is C8H11N4O3. The van der Waals surface area contributed by atoms with Gasteiger partial charge in [0.25, 0.3) is 0 Å². The first-order valence-corrected chi connectivity index (χ1v) is 4.28. The van der Waals surface area contributed by atoms with Crippen LogP contribution in [0.25, 0.3) is 0 Å². The SMILES string of the molecule is CC(C)(C)OC(=O)C([C]=O)c1nnn[nH]1. The third kappa shape index (κ3) is 3.12. The number of nitrogens with one attached hydrogen (secondary N) is 1. The number of H-pyrrole nitrogens is 1. The van der Waals surface area contributed by atoms with Crippen molar-refractivity contribution < 1.29 is 14.3 Å². The van der Waals surface area contributed by atoms with Crippen LogP contribution in [0.3, 0.4) is 0 Å². The molecule has 7 heteroatoms. The van der Waals surface area contributed by atoms with Crippen LogP contribution in [-0.4, -0.2) is 38.5 Å². The first-order chi connectivity index (χ1) is 6.94. The van der Waals surface area contributed by atoms with E-state index in [1.807, 2.05) is 0 Å². The lowest BCUT2D eigenvalue weighted by Gasteiger charge is -2.20. The van der Waals surface area contributed by atoms with E-state index >= 15 is 0 Å². The second-order valence-corrected chi connectivity index (χ2v) is 3.87. The highest BCUT2D eigenvalue weighted by atomic mass is 16.6. The van der Waals surface area contributed by atoms with E-state index in [9.17, 15) is 9.59 Å². The van der Waals surface area contributed by atoms with E-state index in [1.165, 1.54) is 6.29 Å². The lowest BCUT2D eigenvalue weighted by Crippen LogP contribution is -2.28. The molecule has 1 radical (unpaired) electrons. The molecule has 0 fully saturated rings. The van der Waals surface area contributed by atoms with Crippen LogP contribution in [0, 0.1) is 0 Å². The normalized spacial score (nSPS) is 13.3. The van der Waals surface area contributed by atoms with Crippen LogP contribution < -0.4 is 0 Å². The highest BCUT2D eigenvalue weighted by molar-refractivity contribution is 5.93. The van der Waals surface area contributed by atoms with Gasteiger partial charge in [-0.25, -0.2) is 5.10 Å². The number of nitrogens with zero attached hydrogens (tertiary/aromatic N) is 3. The Kier molecular flexibility index (Phi) is 3.13. The summed E-state index contributed by atoms with van der Waals surface area (Å²) in [4.78, 5) is 22.1. The lowest BCUT2D eigenvalue weighted by atomic mass is 10.1. The Bertz CT molecular complexity index is 341. The van der Waals surface area contributed by atoms with Gasteiger partial charge in [0.15, 0.2) is 11.7 Å². The zero-order valence-electron chi connectivity index (χ0n) is 8.64. The van der Waals surface area contributed by atoms with Crippen LogP contribution in [-0.2, 0) is 14.3 Å². The number of ether oxygens (including phenoxy) is 1. The molecule has 0 saturated heterocycles. The standard InChI is InChI=1S/C8H11N4O3/c1-8(2,3)15-7(14)5(4-13)6-9-11-12-10-6/h5H,1-3H3,(H,9,10,11,12). The Hall–Kier alpha value is -1.79. The van der Waals surface area contributed by atoms with Crippen molar-refractivity contribution in [3.05, 3.63) is 5.82 Å². The summed E-state index contributed by atoms with van der Waals surface area (Å²) in [7, 11) is 0. The summed E-state index contributed by atoms with van der Waals surface area (Å²) in [6, 6.07) is 0. The number of tetrazole rings is 1. The summed E-state index contributed by atoms with van der Waals surface area (Å²) in [5.41, 5.74) is -0.667. The molecule has 1 atom stereocenters. The van der Waals surface area contributed by atoms with Gasteiger partial charge in [-0.15, -0.1) is 5.10 Å². The molecule has 1 unspecified atom stereocenters. The maximum absolute atomic E-state index is 11.5. The van der Waals surface area contributed by atoms with Gasteiger partial charge in [0.1, 0.15) is 5.60 Å². The van der Waals surface area contributed by atoms with Crippen molar-refractivity contribution in [2.24, 2.45) is 0 Å². The van der Waals surface area contributed by atoms with Crippen molar-refractivity contribution >= 4 is 12.3 Å². The predicted octanol–water partition coefficient (Wildman–Crippen LogP) is -0.265. The van der Waals surface area contributed by atoms with E-state index in [1.54, 1.807) is 20.8 Å². The Morgan fingerprint density at radius 2 is 2.20 bits per heavy atom. The number of carbonyl (C=O) groups is 1. The Balaban J connectivity index is 2.77. The maximum atomic E-state index is 11.5. The van der Waals surface area contributed by atoms with Gasteiger partial charge >= 0.3 is 5.97 Å². The molecule has 0 aliphatic heterocycles. The zero-order valence-corrected chi connectivity index (χ0v) is 8.64. The van der Waals surface area contributed by atoms with Crippen LogP contribution >= 0.6 is 0 Å². The van der Waals surface area contributed by atoms with Gasteiger partial charge in [-0.2, -0.15) is 0 Å². The molecular weight excluding hydrogens is 200 g/mol. The van der Waals surface area contributed by atoms with Gasteiger partial charge in [-0.3, -0.25) is 9.59 Å². The summed E-state index contributed by atoms with van der Waals surface area (Å²) >= 11 is 0. The molecule has 81 valence electrons. The fourth-order valence-corrected chi connectivity index (χ4v) is 0.865. The predicted molar refractivity (Wildman–Crippen MR) is 48.5 cm³/mol. The van der Waals surface area contributed by atoms with Gasteiger partial charge in [0, 0.05) is 0 Å². The molecule has 1 rings (SSSR count). The Morgan fingerprint density at radius 1 is 1.53 bits per heavy atom. The molecule has 7 nitrogen and oxygen atoms in total. The molecule has 1 N–H and O–H groups in total. The van der Waals surface area contributed by atoms with Gasteiger partial charge in [0.05, 0.1) is 0 Å². The summed E-state index contributed by atoms with van der Waals surface area (Å²) in [6.07, 6.45) is 1.53. The van der Waals surface area contributed by atoms with Crippen molar-refractivity contribution in [2.75, 3.05) is 0 Å². The smallest absolute Gasteiger partial charge is 0.325 e. The third-order valence-electron chi connectivity index (χ3n) is 1.40. The van der Waals surface area contributed by atoms with Crippen molar-refractivity contribution in [1.29, 1.82) is 0 Å². The topological polar surface area (TPSA) is 97.8 Å². The number of rotatable bonds is 3. The molecule has 0 aliphatic carbocycles. The van der Waals surface area contributed by atoms with E-state index in [0.717, 1.165) is 0 Å². The van der Waals surface area contributed by atoms with E-state index in [4.69, 9.17) is 4.74 Å². The molecule has 0 bridgehead atoms. The lowest BCUT2D eigenvalue weighted by molar-refractivity contribution is -0.155.